The van der Waals surface area contributed by atoms with Gasteiger partial charge in [-0.25, -0.2) is 0 Å². The Hall–Kier alpha value is -0.870. The highest BCUT2D eigenvalue weighted by atomic mass is 79.9. The van der Waals surface area contributed by atoms with E-state index in [1.807, 2.05) is 36.9 Å². The summed E-state index contributed by atoms with van der Waals surface area (Å²) in [6.07, 6.45) is 2.19. The van der Waals surface area contributed by atoms with Gasteiger partial charge in [0.1, 0.15) is 0 Å². The van der Waals surface area contributed by atoms with Crippen LogP contribution in [0.1, 0.15) is 35.7 Å². The lowest BCUT2D eigenvalue weighted by atomic mass is 10.1. The molecule has 104 valence electrons. The highest BCUT2D eigenvalue weighted by Gasteiger charge is 2.23. The minimum Gasteiger partial charge on any atom is -0.378 e. The van der Waals surface area contributed by atoms with Gasteiger partial charge in [-0.2, -0.15) is 0 Å². The molecule has 1 aromatic carbocycles. The van der Waals surface area contributed by atoms with E-state index in [1.165, 1.54) is 0 Å². The number of halogens is 1. The fourth-order valence-electron chi connectivity index (χ4n) is 2.37. The van der Waals surface area contributed by atoms with E-state index < -0.39 is 0 Å². The van der Waals surface area contributed by atoms with Crippen molar-refractivity contribution < 1.29 is 9.53 Å². The van der Waals surface area contributed by atoms with Crippen LogP contribution in [-0.2, 0) is 4.74 Å². The summed E-state index contributed by atoms with van der Waals surface area (Å²) in [7, 11) is 0. The molecule has 1 amide bonds. The zero-order chi connectivity index (χ0) is 13.8. The van der Waals surface area contributed by atoms with Crippen molar-refractivity contribution in [1.29, 1.82) is 0 Å². The van der Waals surface area contributed by atoms with Gasteiger partial charge in [0.05, 0.1) is 6.10 Å². The normalized spacial score (nSPS) is 16.7. The quantitative estimate of drug-likeness (QED) is 0.852. The van der Waals surface area contributed by atoms with Gasteiger partial charge >= 0.3 is 0 Å². The molecule has 1 aliphatic rings. The lowest BCUT2D eigenvalue weighted by Crippen LogP contribution is -2.40. The van der Waals surface area contributed by atoms with Gasteiger partial charge in [-0.05, 0) is 44.4 Å². The molecule has 2 rings (SSSR count). The summed E-state index contributed by atoms with van der Waals surface area (Å²) in [6.45, 7) is 6.36. The maximum atomic E-state index is 12.4. The summed E-state index contributed by atoms with van der Waals surface area (Å²) in [5, 5.41) is 0. The Labute approximate surface area is 123 Å². The second kappa shape index (κ2) is 6.53. The summed E-state index contributed by atoms with van der Waals surface area (Å²) in [6, 6.07) is 5.79. The molecule has 0 aromatic heterocycles. The van der Waals surface area contributed by atoms with E-state index in [4.69, 9.17) is 4.74 Å². The molecule has 1 aromatic rings. The molecule has 1 fully saturated rings. The fraction of sp³-hybridized carbons (Fsp3) is 0.533. The van der Waals surface area contributed by atoms with Gasteiger partial charge in [0.2, 0.25) is 0 Å². The molecule has 0 aliphatic carbocycles. The highest BCUT2D eigenvalue weighted by molar-refractivity contribution is 9.10. The number of ether oxygens (including phenoxy) is 1. The first-order valence-electron chi connectivity index (χ1n) is 6.79. The third kappa shape index (κ3) is 3.57. The topological polar surface area (TPSA) is 29.5 Å². The van der Waals surface area contributed by atoms with Crippen molar-refractivity contribution in [2.24, 2.45) is 0 Å². The molecule has 19 heavy (non-hydrogen) atoms. The van der Waals surface area contributed by atoms with Gasteiger partial charge in [0.15, 0.2) is 0 Å². The van der Waals surface area contributed by atoms with Crippen LogP contribution in [0.25, 0.3) is 0 Å². The Morgan fingerprint density at radius 1 is 1.42 bits per heavy atom. The molecular formula is C15H20BrNO2. The van der Waals surface area contributed by atoms with Crippen LogP contribution in [0.3, 0.4) is 0 Å². The molecule has 0 bridgehead atoms. The van der Waals surface area contributed by atoms with Crippen LogP contribution in [0.4, 0.5) is 0 Å². The Bertz CT molecular complexity index is 453. The summed E-state index contributed by atoms with van der Waals surface area (Å²) < 4.78 is 6.59. The molecule has 0 spiro atoms. The molecule has 1 heterocycles. The van der Waals surface area contributed by atoms with E-state index >= 15 is 0 Å². The fourth-order valence-corrected chi connectivity index (χ4v) is 2.75. The summed E-state index contributed by atoms with van der Waals surface area (Å²) >= 11 is 3.48. The average Bonchev–Trinajstić information content (AvgIpc) is 2.42. The van der Waals surface area contributed by atoms with Gasteiger partial charge in [0, 0.05) is 29.7 Å². The number of carbonyl (C=O) groups is 1. The molecule has 1 aliphatic heterocycles. The Morgan fingerprint density at radius 2 is 2.11 bits per heavy atom. The van der Waals surface area contributed by atoms with Crippen LogP contribution in [0.15, 0.2) is 22.7 Å². The second-order valence-electron chi connectivity index (χ2n) is 4.91. The van der Waals surface area contributed by atoms with E-state index in [2.05, 4.69) is 15.9 Å². The van der Waals surface area contributed by atoms with Crippen LogP contribution in [0.2, 0.25) is 0 Å². The van der Waals surface area contributed by atoms with E-state index in [0.717, 1.165) is 48.1 Å². The predicted molar refractivity (Wildman–Crippen MR) is 79.4 cm³/mol. The number of nitrogens with zero attached hydrogens (tertiary/aromatic N) is 1. The zero-order valence-corrected chi connectivity index (χ0v) is 13.1. The van der Waals surface area contributed by atoms with Gasteiger partial charge < -0.3 is 9.64 Å². The molecule has 0 saturated carbocycles. The molecule has 0 unspecified atom stereocenters. The predicted octanol–water partition coefficient (Wildman–Crippen LogP) is 3.40. The summed E-state index contributed by atoms with van der Waals surface area (Å²) in [5.74, 6) is 0.121. The third-order valence-electron chi connectivity index (χ3n) is 3.55. The van der Waals surface area contributed by atoms with Gasteiger partial charge in [-0.3, -0.25) is 4.79 Å². The van der Waals surface area contributed by atoms with Gasteiger partial charge in [-0.1, -0.05) is 22.0 Å². The van der Waals surface area contributed by atoms with E-state index in [9.17, 15) is 4.79 Å². The van der Waals surface area contributed by atoms with Crippen molar-refractivity contribution in [3.05, 3.63) is 33.8 Å². The lowest BCUT2D eigenvalue weighted by Gasteiger charge is -2.31. The minimum atomic E-state index is 0.121. The molecule has 1 saturated heterocycles. The number of carbonyl (C=O) groups excluding carboxylic acids is 1. The maximum absolute atomic E-state index is 12.4. The monoisotopic (exact) mass is 325 g/mol. The first-order chi connectivity index (χ1) is 9.11. The SMILES string of the molecule is CCOC1CCN(C(=O)c2ccc(C)c(Br)c2)CC1. The van der Waals surface area contributed by atoms with Crippen molar-refractivity contribution in [3.8, 4) is 0 Å². The number of benzene rings is 1. The smallest absolute Gasteiger partial charge is 0.253 e. The van der Waals surface area contributed by atoms with Crippen molar-refractivity contribution in [2.45, 2.75) is 32.8 Å². The number of piperidine rings is 1. The first kappa shape index (κ1) is 14.5. The van der Waals surface area contributed by atoms with Gasteiger partial charge in [-0.15, -0.1) is 0 Å². The lowest BCUT2D eigenvalue weighted by molar-refractivity contribution is 0.0146. The van der Waals surface area contributed by atoms with Crippen LogP contribution < -0.4 is 0 Å². The largest absolute Gasteiger partial charge is 0.378 e. The molecule has 0 atom stereocenters. The number of amides is 1. The third-order valence-corrected chi connectivity index (χ3v) is 4.40. The molecule has 4 heteroatoms. The summed E-state index contributed by atoms with van der Waals surface area (Å²) in [5.41, 5.74) is 1.90. The second-order valence-corrected chi connectivity index (χ2v) is 5.77. The Balaban J connectivity index is 1.99. The van der Waals surface area contributed by atoms with Crippen LogP contribution >= 0.6 is 15.9 Å². The van der Waals surface area contributed by atoms with E-state index in [1.54, 1.807) is 0 Å². The number of hydrogen-bond donors (Lipinski definition) is 0. The first-order valence-corrected chi connectivity index (χ1v) is 7.58. The molecule has 3 nitrogen and oxygen atoms in total. The van der Waals surface area contributed by atoms with Crippen molar-refractivity contribution in [3.63, 3.8) is 0 Å². The highest BCUT2D eigenvalue weighted by Crippen LogP contribution is 2.21. The Kier molecular flexibility index (Phi) is 4.99. The Morgan fingerprint density at radius 3 is 2.68 bits per heavy atom. The molecule has 0 N–H and O–H groups in total. The number of rotatable bonds is 3. The maximum Gasteiger partial charge on any atom is 0.253 e. The average molecular weight is 326 g/mol. The number of hydrogen-bond acceptors (Lipinski definition) is 2. The minimum absolute atomic E-state index is 0.121. The van der Waals surface area contributed by atoms with Crippen molar-refractivity contribution >= 4 is 21.8 Å². The summed E-state index contributed by atoms with van der Waals surface area (Å²) in [4.78, 5) is 14.3. The van der Waals surface area contributed by atoms with Crippen molar-refractivity contribution in [1.82, 2.24) is 4.90 Å². The zero-order valence-electron chi connectivity index (χ0n) is 11.5. The standard InChI is InChI=1S/C15H20BrNO2/c1-3-19-13-6-8-17(9-7-13)15(18)12-5-4-11(2)14(16)10-12/h4-5,10,13H,3,6-9H2,1-2H3. The van der Waals surface area contributed by atoms with Gasteiger partial charge in [0.25, 0.3) is 5.91 Å². The molecular weight excluding hydrogens is 306 g/mol. The van der Waals surface area contributed by atoms with Crippen LogP contribution in [-0.4, -0.2) is 36.6 Å². The van der Waals surface area contributed by atoms with Crippen molar-refractivity contribution in [2.75, 3.05) is 19.7 Å². The van der Waals surface area contributed by atoms with Crippen LogP contribution in [0, 0.1) is 6.92 Å². The van der Waals surface area contributed by atoms with E-state index in [-0.39, 0.29) is 5.91 Å². The molecule has 0 radical (unpaired) electrons. The number of aryl methyl sites for hydroxylation is 1. The number of likely N-dealkylation sites (tertiary alicyclic amines) is 1. The van der Waals surface area contributed by atoms with E-state index in [0.29, 0.717) is 6.10 Å². The van der Waals surface area contributed by atoms with Crippen LogP contribution in [0.5, 0.6) is 0 Å².